The van der Waals surface area contributed by atoms with Gasteiger partial charge in [-0.1, -0.05) is 0 Å². The molecule has 1 aromatic heterocycles. The third-order valence-corrected chi connectivity index (χ3v) is 2.78. The molecule has 1 atom stereocenters. The summed E-state index contributed by atoms with van der Waals surface area (Å²) < 4.78 is 25.2. The van der Waals surface area contributed by atoms with Gasteiger partial charge in [0.1, 0.15) is 16.5 Å². The molecule has 1 aliphatic rings. The molecule has 0 saturated carbocycles. The van der Waals surface area contributed by atoms with Crippen LogP contribution in [0.1, 0.15) is 0 Å². The summed E-state index contributed by atoms with van der Waals surface area (Å²) in [6, 6.07) is 3.59. The van der Waals surface area contributed by atoms with Crippen LogP contribution in [0.5, 0.6) is 5.88 Å². The van der Waals surface area contributed by atoms with Crippen molar-refractivity contribution in [3.8, 4) is 5.88 Å². The number of fused-ring (bicyclic) bond motifs is 1. The van der Waals surface area contributed by atoms with Gasteiger partial charge in [0.15, 0.2) is 5.88 Å². The Kier molecular flexibility index (Phi) is 1.67. The molecule has 2 rings (SSSR count). The molecule has 2 heterocycles. The van der Waals surface area contributed by atoms with E-state index in [-0.39, 0.29) is 6.61 Å². The molecule has 1 aliphatic heterocycles. The Morgan fingerprint density at radius 2 is 2.46 bits per heavy atom. The molecule has 13 heavy (non-hydrogen) atoms. The Morgan fingerprint density at radius 1 is 1.69 bits per heavy atom. The van der Waals surface area contributed by atoms with Gasteiger partial charge in [0.2, 0.25) is 0 Å². The van der Waals surface area contributed by atoms with Gasteiger partial charge in [-0.25, -0.2) is 14.1 Å². The van der Waals surface area contributed by atoms with Crippen LogP contribution in [0.3, 0.4) is 0 Å². The van der Waals surface area contributed by atoms with Crippen molar-refractivity contribution in [3.05, 3.63) is 23.2 Å². The van der Waals surface area contributed by atoms with Crippen LogP contribution in [0.25, 0.3) is 6.20 Å². The van der Waals surface area contributed by atoms with Crippen LogP contribution in [0.4, 0.5) is 0 Å². The van der Waals surface area contributed by atoms with Crippen molar-refractivity contribution < 1.29 is 8.95 Å². The molecule has 0 radical (unpaired) electrons. The van der Waals surface area contributed by atoms with Crippen LogP contribution < -0.4 is 9.88 Å². The zero-order valence-corrected chi connectivity index (χ0v) is 7.58. The number of hydrogen-bond donors (Lipinski definition) is 2. The van der Waals surface area contributed by atoms with Crippen molar-refractivity contribution in [2.45, 2.75) is 0 Å². The van der Waals surface area contributed by atoms with E-state index in [2.05, 4.69) is 0 Å². The minimum atomic E-state index is -3.13. The smallest absolute Gasteiger partial charge is 0.197 e. The zero-order chi connectivity index (χ0) is 9.47. The lowest BCUT2D eigenvalue weighted by molar-refractivity contribution is 0.332. The predicted molar refractivity (Wildman–Crippen MR) is 49.2 cm³/mol. The molecule has 70 valence electrons. The lowest BCUT2D eigenvalue weighted by atomic mass is 10.5. The Balaban J connectivity index is 2.49. The average Bonchev–Trinajstić information content (AvgIpc) is 2.47. The van der Waals surface area contributed by atoms with Crippen LogP contribution in [-0.2, 0) is 9.92 Å². The summed E-state index contributed by atoms with van der Waals surface area (Å²) >= 11 is 0. The maximum absolute atomic E-state index is 11.2. The van der Waals surface area contributed by atoms with Gasteiger partial charge in [0.05, 0.1) is 4.91 Å². The highest BCUT2D eigenvalue weighted by molar-refractivity contribution is 7.94. The second kappa shape index (κ2) is 2.61. The molecular weight excluding hydrogens is 190 g/mol. The molecule has 1 aromatic rings. The topological polar surface area (TPSA) is 81.1 Å². The second-order valence-corrected chi connectivity index (χ2v) is 4.46. The lowest BCUT2D eigenvalue weighted by Gasteiger charge is -2.16. The van der Waals surface area contributed by atoms with Gasteiger partial charge in [-0.05, 0) is 6.07 Å². The Bertz CT molecular complexity index is 458. The first-order valence-electron chi connectivity index (χ1n) is 3.64. The standard InChI is InChI=1S/C7H9N3O2S/c8-13(9,11)6-4-10-3-1-2-7(10)12-5-6/h1-4H,5H2,(H3,8,9,11). The van der Waals surface area contributed by atoms with Gasteiger partial charge in [0, 0.05) is 18.5 Å². The normalized spacial score (nSPS) is 19.6. The van der Waals surface area contributed by atoms with Gasteiger partial charge in [-0.15, -0.1) is 0 Å². The summed E-state index contributed by atoms with van der Waals surface area (Å²) in [7, 11) is -3.13. The fraction of sp³-hybridized carbons (Fsp3) is 0.143. The number of hydrogen-bond acceptors (Lipinski definition) is 3. The number of nitrogens with two attached hydrogens (primary N) is 1. The van der Waals surface area contributed by atoms with E-state index in [1.807, 2.05) is 0 Å². The van der Waals surface area contributed by atoms with Crippen molar-refractivity contribution in [3.63, 3.8) is 0 Å². The average molecular weight is 199 g/mol. The zero-order valence-electron chi connectivity index (χ0n) is 6.77. The van der Waals surface area contributed by atoms with E-state index in [1.165, 1.54) is 0 Å². The summed E-state index contributed by atoms with van der Waals surface area (Å²) in [6.07, 6.45) is 3.33. The SMILES string of the molecule is N=S(N)(=O)C1=Cn2cccc2OC1. The van der Waals surface area contributed by atoms with Crippen LogP contribution >= 0.6 is 0 Å². The number of rotatable bonds is 1. The van der Waals surface area contributed by atoms with Crippen LogP contribution in [0.15, 0.2) is 23.2 Å². The molecule has 0 aromatic carbocycles. The molecule has 3 N–H and O–H groups in total. The van der Waals surface area contributed by atoms with Gasteiger partial charge in [0.25, 0.3) is 0 Å². The van der Waals surface area contributed by atoms with Crippen molar-refractivity contribution in [1.29, 1.82) is 4.78 Å². The highest BCUT2D eigenvalue weighted by Crippen LogP contribution is 2.21. The first-order chi connectivity index (χ1) is 6.07. The number of nitrogens with one attached hydrogen (secondary N) is 1. The minimum Gasteiger partial charge on any atom is -0.473 e. The van der Waals surface area contributed by atoms with Crippen molar-refractivity contribution >= 4 is 16.1 Å². The van der Waals surface area contributed by atoms with E-state index in [0.29, 0.717) is 10.8 Å². The molecule has 0 bridgehead atoms. The number of aromatic nitrogens is 1. The van der Waals surface area contributed by atoms with Crippen LogP contribution in [-0.4, -0.2) is 15.4 Å². The van der Waals surface area contributed by atoms with E-state index in [0.717, 1.165) is 0 Å². The predicted octanol–water partition coefficient (Wildman–Crippen LogP) is 0.599. The Labute approximate surface area is 75.9 Å². The Morgan fingerprint density at radius 3 is 3.15 bits per heavy atom. The fourth-order valence-electron chi connectivity index (χ4n) is 1.11. The minimum absolute atomic E-state index is 0.128. The van der Waals surface area contributed by atoms with E-state index in [9.17, 15) is 4.21 Å². The molecule has 1 unspecified atom stereocenters. The van der Waals surface area contributed by atoms with Gasteiger partial charge < -0.3 is 4.74 Å². The highest BCUT2D eigenvalue weighted by Gasteiger charge is 2.15. The Hall–Kier alpha value is -1.27. The van der Waals surface area contributed by atoms with Gasteiger partial charge >= 0.3 is 0 Å². The van der Waals surface area contributed by atoms with E-state index >= 15 is 0 Å². The molecule has 0 fully saturated rings. The van der Waals surface area contributed by atoms with Crippen molar-refractivity contribution in [2.75, 3.05) is 6.61 Å². The molecule has 0 amide bonds. The summed E-state index contributed by atoms with van der Waals surface area (Å²) in [5.74, 6) is 0.674. The van der Waals surface area contributed by atoms with Gasteiger partial charge in [-0.3, -0.25) is 4.57 Å². The molecule has 0 saturated heterocycles. The van der Waals surface area contributed by atoms with E-state index in [1.54, 1.807) is 29.1 Å². The maximum Gasteiger partial charge on any atom is 0.197 e. The highest BCUT2D eigenvalue weighted by atomic mass is 32.2. The molecule has 6 heteroatoms. The molecular formula is C7H9N3O2S. The summed E-state index contributed by atoms with van der Waals surface area (Å²) in [6.45, 7) is 0.128. The third-order valence-electron chi connectivity index (χ3n) is 1.77. The number of nitrogens with zero attached hydrogens (tertiary/aromatic N) is 1. The van der Waals surface area contributed by atoms with Crippen LogP contribution in [0.2, 0.25) is 0 Å². The van der Waals surface area contributed by atoms with Crippen molar-refractivity contribution in [1.82, 2.24) is 4.57 Å². The van der Waals surface area contributed by atoms with Gasteiger partial charge in [-0.2, -0.15) is 0 Å². The molecule has 0 spiro atoms. The van der Waals surface area contributed by atoms with E-state index < -0.39 is 9.92 Å². The molecule has 0 aliphatic carbocycles. The summed E-state index contributed by atoms with van der Waals surface area (Å²) in [5, 5.41) is 5.17. The van der Waals surface area contributed by atoms with E-state index in [4.69, 9.17) is 14.7 Å². The molecule has 5 nitrogen and oxygen atoms in total. The summed E-state index contributed by atoms with van der Waals surface area (Å²) in [4.78, 5) is 0.302. The quantitative estimate of drug-likeness (QED) is 0.694. The maximum atomic E-state index is 11.2. The largest absolute Gasteiger partial charge is 0.473 e. The first-order valence-corrected chi connectivity index (χ1v) is 5.26. The monoisotopic (exact) mass is 199 g/mol. The third kappa shape index (κ3) is 1.45. The van der Waals surface area contributed by atoms with Crippen LogP contribution in [0, 0.1) is 4.78 Å². The second-order valence-electron chi connectivity index (χ2n) is 2.74. The fourth-order valence-corrected chi connectivity index (χ4v) is 1.61. The van der Waals surface area contributed by atoms with Crippen molar-refractivity contribution in [2.24, 2.45) is 5.14 Å². The number of ether oxygens (including phenoxy) is 1. The lowest BCUT2D eigenvalue weighted by Crippen LogP contribution is -2.21. The summed E-state index contributed by atoms with van der Waals surface area (Å²) in [5.41, 5.74) is 0. The first kappa shape index (κ1) is 8.33.